The lowest BCUT2D eigenvalue weighted by Crippen LogP contribution is -2.48. The molecule has 0 atom stereocenters. The number of amides is 1. The maximum atomic E-state index is 13.1. The zero-order chi connectivity index (χ0) is 24.8. The van der Waals surface area contributed by atoms with E-state index in [9.17, 15) is 14.4 Å². The molecule has 180 valence electrons. The summed E-state index contributed by atoms with van der Waals surface area (Å²) in [6.07, 6.45) is 2.86. The minimum Gasteiger partial charge on any atom is -0.343 e. The molecule has 0 aromatic heterocycles. The van der Waals surface area contributed by atoms with E-state index in [0.29, 0.717) is 32.4 Å². The molecular weight excluding hydrogens is 414 g/mol. The minimum absolute atomic E-state index is 0.0343. The molecule has 1 N–H and O–H groups in total. The molecule has 3 rings (SSSR count). The van der Waals surface area contributed by atoms with Crippen molar-refractivity contribution in [2.45, 2.75) is 65.7 Å². The van der Waals surface area contributed by atoms with Gasteiger partial charge in [-0.25, -0.2) is 0 Å². The quantitative estimate of drug-likeness (QED) is 0.432. The van der Waals surface area contributed by atoms with Crippen molar-refractivity contribution >= 4 is 17.5 Å². The van der Waals surface area contributed by atoms with Crippen LogP contribution in [0.4, 0.5) is 0 Å². The van der Waals surface area contributed by atoms with Crippen LogP contribution in [0.5, 0.6) is 0 Å². The Labute approximate surface area is 199 Å². The van der Waals surface area contributed by atoms with Crippen LogP contribution in [0.2, 0.25) is 0 Å². The van der Waals surface area contributed by atoms with Crippen LogP contribution in [0.3, 0.4) is 0 Å². The Kier molecular flexibility index (Phi) is 9.39. The Morgan fingerprint density at radius 2 is 1.61 bits per heavy atom. The van der Waals surface area contributed by atoms with Crippen LogP contribution >= 0.6 is 0 Å². The van der Waals surface area contributed by atoms with E-state index in [0.717, 1.165) is 35.1 Å². The number of aryl methyl sites for hydroxylation is 2. The molecule has 2 aliphatic rings. The summed E-state index contributed by atoms with van der Waals surface area (Å²) >= 11 is 0. The Balaban J connectivity index is 0.000000696. The zero-order valence-corrected chi connectivity index (χ0v) is 21.3. The predicted molar refractivity (Wildman–Crippen MR) is 132 cm³/mol. The van der Waals surface area contributed by atoms with Gasteiger partial charge in [0.2, 0.25) is 5.91 Å². The highest BCUT2D eigenvalue weighted by molar-refractivity contribution is 6.10. The van der Waals surface area contributed by atoms with Crippen molar-refractivity contribution in [3.8, 4) is 11.8 Å². The first kappa shape index (κ1) is 26.8. The number of likely N-dealkylation sites (tertiary alicyclic amines) is 1. The van der Waals surface area contributed by atoms with Crippen molar-refractivity contribution in [3.05, 3.63) is 34.4 Å². The van der Waals surface area contributed by atoms with E-state index in [-0.39, 0.29) is 22.9 Å². The number of rotatable bonds is 3. The van der Waals surface area contributed by atoms with Gasteiger partial charge in [0.1, 0.15) is 17.5 Å². The number of carbonyl (C=O) groups excluding carboxylic acids is 3. The highest BCUT2D eigenvalue weighted by Gasteiger charge is 2.47. The summed E-state index contributed by atoms with van der Waals surface area (Å²) in [5.41, 5.74) is 6.31. The van der Waals surface area contributed by atoms with Crippen molar-refractivity contribution in [2.75, 3.05) is 34.2 Å². The van der Waals surface area contributed by atoms with E-state index in [1.807, 2.05) is 64.0 Å². The van der Waals surface area contributed by atoms with Gasteiger partial charge in [-0.05, 0) is 74.9 Å². The van der Waals surface area contributed by atoms with E-state index >= 15 is 0 Å². The molecule has 1 heterocycles. The fourth-order valence-electron chi connectivity index (χ4n) is 4.96. The average Bonchev–Trinajstić information content (AvgIpc) is 2.75. The Bertz CT molecular complexity index is 904. The van der Waals surface area contributed by atoms with Crippen molar-refractivity contribution in [3.63, 3.8) is 0 Å². The first-order valence-corrected chi connectivity index (χ1v) is 11.8. The summed E-state index contributed by atoms with van der Waals surface area (Å²) in [6.45, 7) is 8.89. The minimum atomic E-state index is -0.649. The number of piperidine rings is 1. The molecule has 1 aliphatic carbocycles. The largest absolute Gasteiger partial charge is 0.343 e. The normalized spacial score (nSPS) is 18.0. The number of benzene rings is 1. The molecule has 1 aliphatic heterocycles. The van der Waals surface area contributed by atoms with E-state index in [1.165, 1.54) is 0 Å². The molecule has 0 bridgehead atoms. The number of nitrogens with zero attached hydrogens (tertiary/aromatic N) is 2. The number of hydrogen-bond acceptors (Lipinski definition) is 5. The summed E-state index contributed by atoms with van der Waals surface area (Å²) in [5.74, 6) is 5.53. The van der Waals surface area contributed by atoms with Crippen LogP contribution in [0.15, 0.2) is 12.1 Å². The summed E-state index contributed by atoms with van der Waals surface area (Å²) in [4.78, 5) is 40.1. The summed E-state index contributed by atoms with van der Waals surface area (Å²) in [5, 5.41) is 1.88. The van der Waals surface area contributed by atoms with Crippen LogP contribution in [0.25, 0.3) is 0 Å². The number of carbonyl (C=O) groups is 3. The third-order valence-electron chi connectivity index (χ3n) is 6.82. The second-order valence-electron chi connectivity index (χ2n) is 9.47. The highest BCUT2D eigenvalue weighted by atomic mass is 16.2. The molecule has 1 amide bonds. The van der Waals surface area contributed by atoms with Gasteiger partial charge in [-0.15, -0.1) is 5.92 Å². The number of hydrogen-bond donors (Lipinski definition) is 1. The molecule has 1 aromatic carbocycles. The van der Waals surface area contributed by atoms with Gasteiger partial charge >= 0.3 is 0 Å². The Hall–Kier alpha value is -2.49. The molecule has 33 heavy (non-hydrogen) atoms. The SMILES string of the molecule is CC#Cc1cc(C)c(C2C(=O)CC3(CCN(C(=O)CC)CC3)CC2=O)c(C)c1.CNN(C)C. The van der Waals surface area contributed by atoms with Gasteiger partial charge in [0, 0.05) is 52.0 Å². The van der Waals surface area contributed by atoms with Gasteiger partial charge in [0.25, 0.3) is 0 Å². The van der Waals surface area contributed by atoms with E-state index < -0.39 is 5.92 Å². The fourth-order valence-corrected chi connectivity index (χ4v) is 4.96. The standard InChI is InChI=1S/C24H29NO3.C3H10N2/c1-5-7-18-12-16(3)22(17(4)13-18)23-19(26)14-24(15-20(23)27)8-10-25(11-9-24)21(28)6-2;1-4-5(2)3/h12-13,23H,6,8-11,14-15H2,1-4H3;4H,1-3H3. The third kappa shape index (κ3) is 6.52. The Morgan fingerprint density at radius 3 is 2.00 bits per heavy atom. The molecule has 0 radical (unpaired) electrons. The van der Waals surface area contributed by atoms with Crippen molar-refractivity contribution < 1.29 is 14.4 Å². The van der Waals surface area contributed by atoms with Crippen LogP contribution < -0.4 is 5.43 Å². The maximum Gasteiger partial charge on any atom is 0.222 e. The first-order chi connectivity index (χ1) is 15.6. The predicted octanol–water partition coefficient (Wildman–Crippen LogP) is 3.39. The molecule has 6 nitrogen and oxygen atoms in total. The molecule has 1 aromatic rings. The van der Waals surface area contributed by atoms with Crippen LogP contribution in [-0.4, -0.2) is 61.6 Å². The van der Waals surface area contributed by atoms with E-state index in [4.69, 9.17) is 0 Å². The third-order valence-corrected chi connectivity index (χ3v) is 6.82. The van der Waals surface area contributed by atoms with Crippen LogP contribution in [-0.2, 0) is 14.4 Å². The number of hydrazine groups is 1. The van der Waals surface area contributed by atoms with E-state index in [1.54, 1.807) is 6.92 Å². The number of Topliss-reactive ketones (excluding diaryl/α,β-unsaturated/α-hetero) is 2. The smallest absolute Gasteiger partial charge is 0.222 e. The lowest BCUT2D eigenvalue weighted by Gasteiger charge is -2.44. The maximum absolute atomic E-state index is 13.1. The zero-order valence-electron chi connectivity index (χ0n) is 21.3. The van der Waals surface area contributed by atoms with Gasteiger partial charge in [-0.3, -0.25) is 24.8 Å². The van der Waals surface area contributed by atoms with Crippen LogP contribution in [0, 0.1) is 31.1 Å². The molecule has 2 fully saturated rings. The second-order valence-corrected chi connectivity index (χ2v) is 9.47. The summed E-state index contributed by atoms with van der Waals surface area (Å²) < 4.78 is 0. The summed E-state index contributed by atoms with van der Waals surface area (Å²) in [6, 6.07) is 3.94. The second kappa shape index (κ2) is 11.6. The molecule has 1 saturated heterocycles. The highest BCUT2D eigenvalue weighted by Crippen LogP contribution is 2.46. The van der Waals surface area contributed by atoms with Gasteiger partial charge < -0.3 is 4.90 Å². The Morgan fingerprint density at radius 1 is 1.12 bits per heavy atom. The topological polar surface area (TPSA) is 69.7 Å². The number of nitrogens with one attached hydrogen (secondary N) is 1. The summed E-state index contributed by atoms with van der Waals surface area (Å²) in [7, 11) is 5.76. The van der Waals surface area contributed by atoms with E-state index in [2.05, 4.69) is 17.3 Å². The molecule has 6 heteroatoms. The molecule has 0 unspecified atom stereocenters. The lowest BCUT2D eigenvalue weighted by atomic mass is 9.62. The van der Waals surface area contributed by atoms with Crippen molar-refractivity contribution in [2.24, 2.45) is 5.41 Å². The van der Waals surface area contributed by atoms with Crippen molar-refractivity contribution in [1.82, 2.24) is 15.3 Å². The van der Waals surface area contributed by atoms with Gasteiger partial charge in [0.05, 0.1) is 0 Å². The lowest BCUT2D eigenvalue weighted by molar-refractivity contribution is -0.140. The van der Waals surface area contributed by atoms with Gasteiger partial charge in [0.15, 0.2) is 0 Å². The van der Waals surface area contributed by atoms with Gasteiger partial charge in [-0.1, -0.05) is 12.8 Å². The number of ketones is 2. The fraction of sp³-hybridized carbons (Fsp3) is 0.593. The molecule has 1 saturated carbocycles. The monoisotopic (exact) mass is 453 g/mol. The van der Waals surface area contributed by atoms with Crippen LogP contribution in [0.1, 0.15) is 74.1 Å². The van der Waals surface area contributed by atoms with Crippen molar-refractivity contribution in [1.29, 1.82) is 0 Å². The molecular formula is C27H39N3O3. The molecule has 1 spiro atoms. The first-order valence-electron chi connectivity index (χ1n) is 11.8. The van der Waals surface area contributed by atoms with Gasteiger partial charge in [-0.2, -0.15) is 0 Å². The average molecular weight is 454 g/mol.